The van der Waals surface area contributed by atoms with Crippen LogP contribution in [0.4, 0.5) is 0 Å². The number of nitrogens with zero attached hydrogens (tertiary/aromatic N) is 4. The number of aryl methyl sites for hydroxylation is 1. The standard InChI is InChI=1S/C12H16N4S/c1-10(8-16-7-6-13-11(16)2)9-17-12-14-4-3-5-15-12/h3-7,10H,8-9H2,1-2H3. The molecule has 17 heavy (non-hydrogen) atoms. The number of aromatic nitrogens is 4. The van der Waals surface area contributed by atoms with Gasteiger partial charge in [0, 0.05) is 37.1 Å². The van der Waals surface area contributed by atoms with E-state index in [4.69, 9.17) is 0 Å². The van der Waals surface area contributed by atoms with Crippen LogP contribution in [0.1, 0.15) is 12.7 Å². The van der Waals surface area contributed by atoms with Crippen LogP contribution >= 0.6 is 11.8 Å². The van der Waals surface area contributed by atoms with E-state index in [0.29, 0.717) is 5.92 Å². The van der Waals surface area contributed by atoms with Crippen LogP contribution in [0.2, 0.25) is 0 Å². The third kappa shape index (κ3) is 3.56. The van der Waals surface area contributed by atoms with Crippen LogP contribution in [0.15, 0.2) is 36.0 Å². The van der Waals surface area contributed by atoms with Gasteiger partial charge in [0.1, 0.15) is 5.82 Å². The SMILES string of the molecule is Cc1nccn1CC(C)CSc1ncccn1. The summed E-state index contributed by atoms with van der Waals surface area (Å²) in [5, 5.41) is 0.849. The molecule has 2 aromatic heterocycles. The monoisotopic (exact) mass is 248 g/mol. The van der Waals surface area contributed by atoms with Crippen molar-refractivity contribution in [3.8, 4) is 0 Å². The van der Waals surface area contributed by atoms with Gasteiger partial charge in [-0.3, -0.25) is 0 Å². The van der Waals surface area contributed by atoms with E-state index in [9.17, 15) is 0 Å². The van der Waals surface area contributed by atoms with E-state index in [0.717, 1.165) is 23.3 Å². The highest BCUT2D eigenvalue weighted by Crippen LogP contribution is 2.17. The minimum absolute atomic E-state index is 0.566. The van der Waals surface area contributed by atoms with Gasteiger partial charge in [-0.2, -0.15) is 0 Å². The maximum atomic E-state index is 4.22. The molecule has 0 aromatic carbocycles. The number of thioether (sulfide) groups is 1. The molecule has 0 saturated heterocycles. The topological polar surface area (TPSA) is 43.6 Å². The molecule has 0 aliphatic carbocycles. The maximum Gasteiger partial charge on any atom is 0.187 e. The fourth-order valence-electron chi connectivity index (χ4n) is 1.56. The molecule has 2 heterocycles. The van der Waals surface area contributed by atoms with Crippen molar-refractivity contribution in [3.05, 3.63) is 36.7 Å². The highest BCUT2D eigenvalue weighted by molar-refractivity contribution is 7.99. The highest BCUT2D eigenvalue weighted by Gasteiger charge is 2.06. The molecule has 2 rings (SSSR count). The van der Waals surface area contributed by atoms with E-state index in [1.807, 2.05) is 25.4 Å². The van der Waals surface area contributed by atoms with E-state index in [-0.39, 0.29) is 0 Å². The molecular weight excluding hydrogens is 232 g/mol. The summed E-state index contributed by atoms with van der Waals surface area (Å²) in [5.74, 6) is 2.65. The second-order valence-electron chi connectivity index (χ2n) is 4.07. The third-order valence-corrected chi connectivity index (χ3v) is 3.68. The smallest absolute Gasteiger partial charge is 0.187 e. The summed E-state index contributed by atoms with van der Waals surface area (Å²) in [6, 6.07) is 1.84. The van der Waals surface area contributed by atoms with Gasteiger partial charge in [-0.05, 0) is 18.9 Å². The highest BCUT2D eigenvalue weighted by atomic mass is 32.2. The zero-order valence-corrected chi connectivity index (χ0v) is 10.9. The van der Waals surface area contributed by atoms with Crippen molar-refractivity contribution < 1.29 is 0 Å². The number of hydrogen-bond donors (Lipinski definition) is 0. The van der Waals surface area contributed by atoms with Crippen molar-refractivity contribution in [2.24, 2.45) is 5.92 Å². The predicted octanol–water partition coefficient (Wildman–Crippen LogP) is 2.41. The van der Waals surface area contributed by atoms with Crippen LogP contribution in [0.3, 0.4) is 0 Å². The second kappa shape index (κ2) is 5.82. The Hall–Kier alpha value is -1.36. The molecule has 0 spiro atoms. The molecule has 0 N–H and O–H groups in total. The van der Waals surface area contributed by atoms with Crippen molar-refractivity contribution >= 4 is 11.8 Å². The quantitative estimate of drug-likeness (QED) is 0.602. The van der Waals surface area contributed by atoms with Crippen molar-refractivity contribution in [2.45, 2.75) is 25.5 Å². The molecule has 0 aliphatic rings. The van der Waals surface area contributed by atoms with E-state index in [2.05, 4.69) is 26.4 Å². The molecule has 4 nitrogen and oxygen atoms in total. The van der Waals surface area contributed by atoms with Gasteiger partial charge in [0.05, 0.1) is 0 Å². The Labute approximate surface area is 106 Å². The summed E-state index contributed by atoms with van der Waals surface area (Å²) in [6.45, 7) is 5.25. The van der Waals surface area contributed by atoms with Crippen LogP contribution in [-0.4, -0.2) is 25.3 Å². The first-order chi connectivity index (χ1) is 8.25. The Morgan fingerprint density at radius 1 is 1.24 bits per heavy atom. The van der Waals surface area contributed by atoms with Crippen LogP contribution in [0.5, 0.6) is 0 Å². The largest absolute Gasteiger partial charge is 0.335 e. The third-order valence-electron chi connectivity index (χ3n) is 2.47. The zero-order chi connectivity index (χ0) is 12.1. The lowest BCUT2D eigenvalue weighted by Gasteiger charge is -2.12. The van der Waals surface area contributed by atoms with E-state index in [1.54, 1.807) is 24.2 Å². The lowest BCUT2D eigenvalue weighted by Crippen LogP contribution is -2.10. The molecule has 0 saturated carbocycles. The summed E-state index contributed by atoms with van der Waals surface area (Å²) < 4.78 is 2.18. The van der Waals surface area contributed by atoms with Crippen LogP contribution in [0, 0.1) is 12.8 Å². The summed E-state index contributed by atoms with van der Waals surface area (Å²) >= 11 is 1.70. The predicted molar refractivity (Wildman–Crippen MR) is 68.9 cm³/mol. The first kappa shape index (κ1) is 12.1. The fraction of sp³-hybridized carbons (Fsp3) is 0.417. The van der Waals surface area contributed by atoms with E-state index >= 15 is 0 Å². The molecule has 0 bridgehead atoms. The lowest BCUT2D eigenvalue weighted by molar-refractivity contribution is 0.520. The van der Waals surface area contributed by atoms with Gasteiger partial charge in [0.15, 0.2) is 5.16 Å². The Balaban J connectivity index is 1.82. The Morgan fingerprint density at radius 3 is 2.65 bits per heavy atom. The van der Waals surface area contributed by atoms with Crippen molar-refractivity contribution in [3.63, 3.8) is 0 Å². The molecule has 2 aromatic rings. The van der Waals surface area contributed by atoms with E-state index in [1.165, 1.54) is 0 Å². The van der Waals surface area contributed by atoms with Gasteiger partial charge < -0.3 is 4.57 Å². The van der Waals surface area contributed by atoms with Gasteiger partial charge in [0.2, 0.25) is 0 Å². The van der Waals surface area contributed by atoms with Crippen molar-refractivity contribution in [1.82, 2.24) is 19.5 Å². The van der Waals surface area contributed by atoms with E-state index < -0.39 is 0 Å². The van der Waals surface area contributed by atoms with Gasteiger partial charge in [-0.25, -0.2) is 15.0 Å². The maximum absolute atomic E-state index is 4.22. The second-order valence-corrected chi connectivity index (χ2v) is 5.06. The Bertz CT molecular complexity index is 455. The molecule has 0 amide bonds. The van der Waals surface area contributed by atoms with Crippen LogP contribution in [-0.2, 0) is 6.54 Å². The molecule has 1 unspecified atom stereocenters. The molecule has 5 heteroatoms. The molecule has 0 aliphatic heterocycles. The molecule has 90 valence electrons. The normalized spacial score (nSPS) is 12.6. The van der Waals surface area contributed by atoms with Gasteiger partial charge in [-0.1, -0.05) is 18.7 Å². The zero-order valence-electron chi connectivity index (χ0n) is 10.1. The van der Waals surface area contributed by atoms with Crippen molar-refractivity contribution in [2.75, 3.05) is 5.75 Å². The first-order valence-corrected chi connectivity index (χ1v) is 6.62. The first-order valence-electron chi connectivity index (χ1n) is 5.63. The molecule has 0 radical (unpaired) electrons. The van der Waals surface area contributed by atoms with Crippen LogP contribution in [0.25, 0.3) is 0 Å². The average Bonchev–Trinajstić information content (AvgIpc) is 2.74. The lowest BCUT2D eigenvalue weighted by atomic mass is 10.2. The number of imidazole rings is 1. The summed E-state index contributed by atoms with van der Waals surface area (Å²) in [4.78, 5) is 12.6. The van der Waals surface area contributed by atoms with Crippen LogP contribution < -0.4 is 0 Å². The minimum atomic E-state index is 0.566. The molecule has 1 atom stereocenters. The van der Waals surface area contributed by atoms with Gasteiger partial charge in [-0.15, -0.1) is 0 Å². The molecule has 0 fully saturated rings. The summed E-state index contributed by atoms with van der Waals surface area (Å²) in [6.07, 6.45) is 7.42. The number of rotatable bonds is 5. The Kier molecular flexibility index (Phi) is 4.14. The minimum Gasteiger partial charge on any atom is -0.335 e. The summed E-state index contributed by atoms with van der Waals surface area (Å²) in [7, 11) is 0. The fourth-order valence-corrected chi connectivity index (χ4v) is 2.37. The average molecular weight is 248 g/mol. The van der Waals surface area contributed by atoms with Gasteiger partial charge in [0.25, 0.3) is 0 Å². The van der Waals surface area contributed by atoms with Crippen molar-refractivity contribution in [1.29, 1.82) is 0 Å². The van der Waals surface area contributed by atoms with Gasteiger partial charge >= 0.3 is 0 Å². The Morgan fingerprint density at radius 2 is 2.00 bits per heavy atom. The molecular formula is C12H16N4S. The summed E-state index contributed by atoms with van der Waals surface area (Å²) in [5.41, 5.74) is 0. The number of hydrogen-bond acceptors (Lipinski definition) is 4.